The molecule has 1 unspecified atom stereocenters. The largest absolute Gasteiger partial charge is 0.371 e. The number of rotatable bonds is 6. The highest BCUT2D eigenvalue weighted by Crippen LogP contribution is 2.29. The van der Waals surface area contributed by atoms with Gasteiger partial charge in [-0.05, 0) is 26.7 Å². The van der Waals surface area contributed by atoms with Gasteiger partial charge in [0.15, 0.2) is 0 Å². The summed E-state index contributed by atoms with van der Waals surface area (Å²) < 4.78 is 30.5. The van der Waals surface area contributed by atoms with Crippen LogP contribution < -0.4 is 0 Å². The molecule has 0 bridgehead atoms. The van der Waals surface area contributed by atoms with Gasteiger partial charge < -0.3 is 4.74 Å². The van der Waals surface area contributed by atoms with Crippen molar-refractivity contribution in [1.29, 1.82) is 0 Å². The number of alkyl halides is 3. The molecule has 1 saturated heterocycles. The smallest absolute Gasteiger partial charge is 0.251 e. The lowest BCUT2D eigenvalue weighted by Gasteiger charge is -2.26. The first-order valence-corrected chi connectivity index (χ1v) is 6.79. The summed E-state index contributed by atoms with van der Waals surface area (Å²) in [6, 6.07) is 0. The van der Waals surface area contributed by atoms with E-state index in [1.807, 2.05) is 0 Å². The Bertz CT molecular complexity index is 214. The normalized spacial score (nSPS) is 24.6. The van der Waals surface area contributed by atoms with E-state index in [-0.39, 0.29) is 18.2 Å². The molecule has 0 aromatic rings. The van der Waals surface area contributed by atoms with Gasteiger partial charge in [-0.3, -0.25) is 4.90 Å². The predicted octanol–water partition coefficient (Wildman–Crippen LogP) is 2.91. The summed E-state index contributed by atoms with van der Waals surface area (Å²) in [6.45, 7) is 5.19. The summed E-state index contributed by atoms with van der Waals surface area (Å²) in [4.78, 5) is 1.77. The van der Waals surface area contributed by atoms with Crippen molar-refractivity contribution < 1.29 is 13.5 Å². The zero-order valence-corrected chi connectivity index (χ0v) is 11.5. The minimum absolute atomic E-state index is 0.0877. The monoisotopic (exact) mass is 299 g/mol. The molecule has 1 atom stereocenters. The molecule has 0 aromatic heterocycles. The predicted molar refractivity (Wildman–Crippen MR) is 64.4 cm³/mol. The van der Waals surface area contributed by atoms with E-state index < -0.39 is 6.43 Å². The molecule has 2 nitrogen and oxygen atoms in total. The quantitative estimate of drug-likeness (QED) is 0.699. The summed E-state index contributed by atoms with van der Waals surface area (Å²) in [6.07, 6.45) is -0.190. The Morgan fingerprint density at radius 3 is 2.62 bits per heavy atom. The van der Waals surface area contributed by atoms with Gasteiger partial charge in [-0.25, -0.2) is 8.78 Å². The number of halogens is 3. The standard InChI is InChI=1S/C11H20BrF2NO/c1-11(2)4-3-9(16-11)7-15(6-5-12)8-10(13)14/h9-10H,3-8H2,1-2H3. The molecule has 1 aliphatic rings. The number of ether oxygens (including phenoxy) is 1. The Morgan fingerprint density at radius 2 is 2.19 bits per heavy atom. The van der Waals surface area contributed by atoms with Crippen molar-refractivity contribution in [2.75, 3.05) is 25.0 Å². The van der Waals surface area contributed by atoms with Crippen LogP contribution in [0.3, 0.4) is 0 Å². The van der Waals surface area contributed by atoms with E-state index >= 15 is 0 Å². The van der Waals surface area contributed by atoms with Gasteiger partial charge >= 0.3 is 0 Å². The van der Waals surface area contributed by atoms with Gasteiger partial charge in [-0.1, -0.05) is 15.9 Å². The highest BCUT2D eigenvalue weighted by molar-refractivity contribution is 9.09. The van der Waals surface area contributed by atoms with Crippen LogP contribution >= 0.6 is 15.9 Å². The molecule has 1 fully saturated rings. The average Bonchev–Trinajstić information content (AvgIpc) is 2.44. The summed E-state index contributed by atoms with van der Waals surface area (Å²) >= 11 is 3.28. The molecule has 0 saturated carbocycles. The van der Waals surface area contributed by atoms with Crippen molar-refractivity contribution >= 4 is 15.9 Å². The van der Waals surface area contributed by atoms with Crippen LogP contribution in [-0.2, 0) is 4.74 Å². The Hall–Kier alpha value is 0.260. The summed E-state index contributed by atoms with van der Waals surface area (Å²) in [7, 11) is 0. The lowest BCUT2D eigenvalue weighted by Crippen LogP contribution is -2.37. The molecule has 0 N–H and O–H groups in total. The Balaban J connectivity index is 2.37. The second kappa shape index (κ2) is 6.26. The molecule has 0 aromatic carbocycles. The molecule has 1 aliphatic heterocycles. The second-order valence-corrected chi connectivity index (χ2v) is 5.67. The Kier molecular flexibility index (Phi) is 5.61. The van der Waals surface area contributed by atoms with Gasteiger partial charge in [0.2, 0.25) is 0 Å². The number of hydrogen-bond acceptors (Lipinski definition) is 2. The van der Waals surface area contributed by atoms with Crippen molar-refractivity contribution in [2.45, 2.75) is 44.8 Å². The minimum atomic E-state index is -2.27. The third kappa shape index (κ3) is 5.06. The molecule has 0 spiro atoms. The lowest BCUT2D eigenvalue weighted by atomic mass is 10.1. The fraction of sp³-hybridized carbons (Fsp3) is 1.00. The van der Waals surface area contributed by atoms with E-state index in [2.05, 4.69) is 29.8 Å². The molecule has 1 heterocycles. The van der Waals surface area contributed by atoms with Gasteiger partial charge in [0.05, 0.1) is 18.2 Å². The Morgan fingerprint density at radius 1 is 1.50 bits per heavy atom. The maximum atomic E-state index is 12.3. The van der Waals surface area contributed by atoms with Crippen LogP contribution in [0.4, 0.5) is 8.78 Å². The van der Waals surface area contributed by atoms with Crippen LogP contribution in [0.25, 0.3) is 0 Å². The summed E-state index contributed by atoms with van der Waals surface area (Å²) in [5.74, 6) is 0. The first-order chi connectivity index (χ1) is 7.43. The first kappa shape index (κ1) is 14.3. The fourth-order valence-electron chi connectivity index (χ4n) is 2.07. The Labute approximate surface area is 104 Å². The molecule has 16 heavy (non-hydrogen) atoms. The van der Waals surface area contributed by atoms with Crippen LogP contribution in [0.1, 0.15) is 26.7 Å². The third-order valence-corrected chi connectivity index (χ3v) is 3.17. The fourth-order valence-corrected chi connectivity index (χ4v) is 2.57. The molecule has 0 radical (unpaired) electrons. The zero-order valence-electron chi connectivity index (χ0n) is 9.89. The van der Waals surface area contributed by atoms with Crippen LogP contribution in [-0.4, -0.2) is 48.0 Å². The first-order valence-electron chi connectivity index (χ1n) is 5.67. The molecule has 1 rings (SSSR count). The van der Waals surface area contributed by atoms with Crippen LogP contribution in [0, 0.1) is 0 Å². The summed E-state index contributed by atoms with van der Waals surface area (Å²) in [5.41, 5.74) is -0.0877. The number of nitrogens with zero attached hydrogens (tertiary/aromatic N) is 1. The highest BCUT2D eigenvalue weighted by atomic mass is 79.9. The van der Waals surface area contributed by atoms with E-state index in [9.17, 15) is 8.78 Å². The lowest BCUT2D eigenvalue weighted by molar-refractivity contribution is -0.0336. The molecule has 5 heteroatoms. The SMILES string of the molecule is CC1(C)CCC(CN(CCBr)CC(F)F)O1. The van der Waals surface area contributed by atoms with Gasteiger partial charge in [-0.2, -0.15) is 0 Å². The molecule has 0 aliphatic carbocycles. The zero-order chi connectivity index (χ0) is 12.2. The number of hydrogen-bond donors (Lipinski definition) is 0. The molecular formula is C11H20BrF2NO. The highest BCUT2D eigenvalue weighted by Gasteiger charge is 2.32. The minimum Gasteiger partial charge on any atom is -0.371 e. The van der Waals surface area contributed by atoms with Gasteiger partial charge in [0, 0.05) is 18.4 Å². The maximum Gasteiger partial charge on any atom is 0.251 e. The third-order valence-electron chi connectivity index (χ3n) is 2.81. The van der Waals surface area contributed by atoms with E-state index in [1.54, 1.807) is 4.90 Å². The van der Waals surface area contributed by atoms with Crippen LogP contribution in [0.2, 0.25) is 0 Å². The van der Waals surface area contributed by atoms with E-state index in [0.717, 1.165) is 18.2 Å². The molecule has 96 valence electrons. The van der Waals surface area contributed by atoms with E-state index in [1.165, 1.54) is 0 Å². The topological polar surface area (TPSA) is 12.5 Å². The van der Waals surface area contributed by atoms with E-state index in [4.69, 9.17) is 4.74 Å². The second-order valence-electron chi connectivity index (χ2n) is 4.88. The van der Waals surface area contributed by atoms with Crippen molar-refractivity contribution in [3.05, 3.63) is 0 Å². The van der Waals surface area contributed by atoms with Crippen molar-refractivity contribution in [3.63, 3.8) is 0 Å². The van der Waals surface area contributed by atoms with Gasteiger partial charge in [0.1, 0.15) is 0 Å². The molecule has 0 amide bonds. The molecular weight excluding hydrogens is 280 g/mol. The van der Waals surface area contributed by atoms with Crippen LogP contribution in [0.5, 0.6) is 0 Å². The van der Waals surface area contributed by atoms with Gasteiger partial charge in [0.25, 0.3) is 6.43 Å². The summed E-state index contributed by atoms with van der Waals surface area (Å²) in [5, 5.41) is 0.718. The maximum absolute atomic E-state index is 12.3. The van der Waals surface area contributed by atoms with Crippen molar-refractivity contribution in [2.24, 2.45) is 0 Å². The van der Waals surface area contributed by atoms with E-state index in [0.29, 0.717) is 13.1 Å². The van der Waals surface area contributed by atoms with Gasteiger partial charge in [-0.15, -0.1) is 0 Å². The van der Waals surface area contributed by atoms with Crippen LogP contribution in [0.15, 0.2) is 0 Å². The van der Waals surface area contributed by atoms with Crippen molar-refractivity contribution in [3.8, 4) is 0 Å². The average molecular weight is 300 g/mol. The van der Waals surface area contributed by atoms with Crippen molar-refractivity contribution in [1.82, 2.24) is 4.90 Å².